The number of aromatic nitrogens is 1. The van der Waals surface area contributed by atoms with Gasteiger partial charge in [0.2, 0.25) is 0 Å². The zero-order valence-corrected chi connectivity index (χ0v) is 16.4. The molecule has 0 atom stereocenters. The Morgan fingerprint density at radius 2 is 1.82 bits per heavy atom. The van der Waals surface area contributed by atoms with Crippen LogP contribution in [-0.4, -0.2) is 24.2 Å². The van der Waals surface area contributed by atoms with E-state index < -0.39 is 0 Å². The largest absolute Gasteiger partial charge is 0.497 e. The van der Waals surface area contributed by atoms with E-state index in [1.165, 1.54) is 12.1 Å². The maximum Gasteiger partial charge on any atom is 0.257 e. The lowest BCUT2D eigenvalue weighted by atomic mass is 10.2. The van der Waals surface area contributed by atoms with Crippen molar-refractivity contribution in [1.82, 2.24) is 4.57 Å². The van der Waals surface area contributed by atoms with Gasteiger partial charge in [-0.25, -0.2) is 4.39 Å². The fourth-order valence-corrected chi connectivity index (χ4v) is 3.18. The Morgan fingerprint density at radius 1 is 1.11 bits per heavy atom. The number of methoxy groups -OCH3 is 1. The van der Waals surface area contributed by atoms with Crippen LogP contribution in [-0.2, 0) is 0 Å². The normalized spacial score (nSPS) is 10.6. The maximum absolute atomic E-state index is 13.2. The highest BCUT2D eigenvalue weighted by atomic mass is 19.1. The first-order chi connectivity index (χ1) is 13.4. The monoisotopic (exact) mass is 382 g/mol. The molecule has 1 amide bonds. The van der Waals surface area contributed by atoms with Crippen LogP contribution in [0.1, 0.15) is 28.7 Å². The lowest BCUT2D eigenvalue weighted by molar-refractivity contribution is 0.102. The number of carbonyl (C=O) groups is 1. The van der Waals surface area contributed by atoms with E-state index in [2.05, 4.69) is 5.32 Å². The molecule has 0 bridgehead atoms. The third-order valence-electron chi connectivity index (χ3n) is 4.50. The van der Waals surface area contributed by atoms with Gasteiger partial charge in [-0.15, -0.1) is 0 Å². The van der Waals surface area contributed by atoms with E-state index in [1.807, 2.05) is 31.4 Å². The predicted molar refractivity (Wildman–Crippen MR) is 107 cm³/mol. The molecule has 0 aliphatic heterocycles. The van der Waals surface area contributed by atoms with Gasteiger partial charge in [0.15, 0.2) is 0 Å². The smallest absolute Gasteiger partial charge is 0.257 e. The van der Waals surface area contributed by atoms with Crippen LogP contribution < -0.4 is 14.8 Å². The molecule has 0 saturated heterocycles. The van der Waals surface area contributed by atoms with Crippen LogP contribution >= 0.6 is 0 Å². The lowest BCUT2D eigenvalue weighted by Crippen LogP contribution is -2.14. The predicted octanol–water partition coefficient (Wildman–Crippen LogP) is 4.89. The molecule has 28 heavy (non-hydrogen) atoms. The van der Waals surface area contributed by atoms with Crippen molar-refractivity contribution in [2.24, 2.45) is 0 Å². The van der Waals surface area contributed by atoms with E-state index in [1.54, 1.807) is 37.4 Å². The van der Waals surface area contributed by atoms with E-state index in [0.29, 0.717) is 29.4 Å². The van der Waals surface area contributed by atoms with Gasteiger partial charge in [-0.05, 0) is 63.2 Å². The van der Waals surface area contributed by atoms with Crippen molar-refractivity contribution < 1.29 is 18.7 Å². The summed E-state index contributed by atoms with van der Waals surface area (Å²) < 4.78 is 26.0. The minimum atomic E-state index is -0.300. The number of carbonyl (C=O) groups excluding carboxylic acids is 1. The third-order valence-corrected chi connectivity index (χ3v) is 4.50. The van der Waals surface area contributed by atoms with Gasteiger partial charge in [-0.2, -0.15) is 0 Å². The van der Waals surface area contributed by atoms with Gasteiger partial charge in [0.05, 0.1) is 25.0 Å². The zero-order valence-electron chi connectivity index (χ0n) is 16.4. The van der Waals surface area contributed by atoms with E-state index in [-0.39, 0.29) is 11.7 Å². The molecule has 0 aliphatic rings. The first-order valence-corrected chi connectivity index (χ1v) is 9.01. The topological polar surface area (TPSA) is 52.5 Å². The van der Waals surface area contributed by atoms with Crippen LogP contribution in [0.2, 0.25) is 0 Å². The number of benzene rings is 2. The standard InChI is InChI=1S/C22H23FN2O3/c1-5-28-21-11-10-18(27-4)13-20(21)24-22(26)19-12-14(2)25(15(19)3)17-8-6-16(23)7-9-17/h6-13H,5H2,1-4H3,(H,24,26). The van der Waals surface area contributed by atoms with Crippen molar-refractivity contribution in [1.29, 1.82) is 0 Å². The van der Waals surface area contributed by atoms with Crippen LogP contribution in [0.25, 0.3) is 5.69 Å². The summed E-state index contributed by atoms with van der Waals surface area (Å²) >= 11 is 0. The summed E-state index contributed by atoms with van der Waals surface area (Å²) in [5.41, 5.74) is 3.52. The van der Waals surface area contributed by atoms with Crippen molar-refractivity contribution in [2.45, 2.75) is 20.8 Å². The van der Waals surface area contributed by atoms with Gasteiger partial charge in [-0.1, -0.05) is 0 Å². The molecule has 1 aromatic heterocycles. The lowest BCUT2D eigenvalue weighted by Gasteiger charge is -2.13. The first-order valence-electron chi connectivity index (χ1n) is 9.01. The molecular formula is C22H23FN2O3. The maximum atomic E-state index is 13.2. The Bertz CT molecular complexity index is 994. The van der Waals surface area contributed by atoms with Crippen LogP contribution in [0.5, 0.6) is 11.5 Å². The summed E-state index contributed by atoms with van der Waals surface area (Å²) in [6.45, 7) is 6.13. The molecule has 3 rings (SSSR count). The van der Waals surface area contributed by atoms with Crippen molar-refractivity contribution in [3.8, 4) is 17.2 Å². The molecule has 0 aliphatic carbocycles. The van der Waals surface area contributed by atoms with Crippen molar-refractivity contribution in [2.75, 3.05) is 19.0 Å². The fraction of sp³-hybridized carbons (Fsp3) is 0.227. The van der Waals surface area contributed by atoms with E-state index in [4.69, 9.17) is 9.47 Å². The van der Waals surface area contributed by atoms with Gasteiger partial charge in [-0.3, -0.25) is 4.79 Å². The second-order valence-corrected chi connectivity index (χ2v) is 6.35. The number of hydrogen-bond donors (Lipinski definition) is 1. The highest BCUT2D eigenvalue weighted by Gasteiger charge is 2.18. The minimum Gasteiger partial charge on any atom is -0.497 e. The van der Waals surface area contributed by atoms with Gasteiger partial charge in [0, 0.05) is 23.1 Å². The molecule has 0 fully saturated rings. The molecule has 3 aromatic rings. The highest BCUT2D eigenvalue weighted by Crippen LogP contribution is 2.30. The average Bonchev–Trinajstić information content (AvgIpc) is 2.98. The Kier molecular flexibility index (Phi) is 5.68. The van der Waals surface area contributed by atoms with Crippen LogP contribution in [0.4, 0.5) is 10.1 Å². The Balaban J connectivity index is 1.94. The molecule has 2 aromatic carbocycles. The summed E-state index contributed by atoms with van der Waals surface area (Å²) in [5.74, 6) is 0.640. The zero-order chi connectivity index (χ0) is 20.3. The number of hydrogen-bond acceptors (Lipinski definition) is 3. The highest BCUT2D eigenvalue weighted by molar-refractivity contribution is 6.06. The second-order valence-electron chi connectivity index (χ2n) is 6.35. The van der Waals surface area contributed by atoms with Crippen molar-refractivity contribution >= 4 is 11.6 Å². The quantitative estimate of drug-likeness (QED) is 0.660. The number of aryl methyl sites for hydroxylation is 1. The van der Waals surface area contributed by atoms with Gasteiger partial charge < -0.3 is 19.4 Å². The molecule has 0 unspecified atom stereocenters. The van der Waals surface area contributed by atoms with Crippen molar-refractivity contribution in [3.63, 3.8) is 0 Å². The molecule has 0 spiro atoms. The van der Waals surface area contributed by atoms with E-state index >= 15 is 0 Å². The number of nitrogens with one attached hydrogen (secondary N) is 1. The Morgan fingerprint density at radius 3 is 2.46 bits per heavy atom. The summed E-state index contributed by atoms with van der Waals surface area (Å²) in [5, 5.41) is 2.91. The minimum absolute atomic E-state index is 0.254. The number of nitrogens with zero attached hydrogens (tertiary/aromatic N) is 1. The van der Waals surface area contributed by atoms with E-state index in [0.717, 1.165) is 17.1 Å². The Hall–Kier alpha value is -3.28. The van der Waals surface area contributed by atoms with E-state index in [9.17, 15) is 9.18 Å². The van der Waals surface area contributed by atoms with Crippen molar-refractivity contribution in [3.05, 3.63) is 71.3 Å². The summed E-state index contributed by atoms with van der Waals surface area (Å²) in [7, 11) is 1.57. The second kappa shape index (κ2) is 8.17. The number of ether oxygens (including phenoxy) is 2. The Labute approximate surface area is 163 Å². The van der Waals surface area contributed by atoms with Gasteiger partial charge in [0.1, 0.15) is 17.3 Å². The summed E-state index contributed by atoms with van der Waals surface area (Å²) in [6, 6.07) is 13.3. The number of rotatable bonds is 6. The van der Waals surface area contributed by atoms with Crippen LogP contribution in [0.3, 0.4) is 0 Å². The fourth-order valence-electron chi connectivity index (χ4n) is 3.18. The molecule has 1 heterocycles. The summed E-state index contributed by atoms with van der Waals surface area (Å²) in [6.07, 6.45) is 0. The average molecular weight is 382 g/mol. The molecule has 1 N–H and O–H groups in total. The number of amides is 1. The number of anilines is 1. The third kappa shape index (κ3) is 3.86. The molecule has 6 heteroatoms. The molecule has 146 valence electrons. The molecule has 0 saturated carbocycles. The first kappa shape index (κ1) is 19.5. The van der Waals surface area contributed by atoms with Gasteiger partial charge in [0.25, 0.3) is 5.91 Å². The number of halogens is 1. The van der Waals surface area contributed by atoms with Crippen LogP contribution in [0, 0.1) is 19.7 Å². The SMILES string of the molecule is CCOc1ccc(OC)cc1NC(=O)c1cc(C)n(-c2ccc(F)cc2)c1C. The molecular weight excluding hydrogens is 359 g/mol. The molecule has 0 radical (unpaired) electrons. The summed E-state index contributed by atoms with van der Waals surface area (Å²) in [4.78, 5) is 13.0. The van der Waals surface area contributed by atoms with Gasteiger partial charge >= 0.3 is 0 Å². The van der Waals surface area contributed by atoms with Crippen LogP contribution in [0.15, 0.2) is 48.5 Å². The molecule has 5 nitrogen and oxygen atoms in total.